The Kier molecular flexibility index (Phi) is 4.85. The molecule has 3 rings (SSSR count). The molecule has 1 aromatic rings. The maximum atomic E-state index is 12.4. The number of ether oxygens (including phenoxy) is 1. The number of carbonyl (C=O) groups excluding carboxylic acids is 1. The first-order chi connectivity index (χ1) is 11.7. The van der Waals surface area contributed by atoms with E-state index in [4.69, 9.17) is 10.5 Å². The second-order valence-electron chi connectivity index (χ2n) is 8.54. The minimum Gasteiger partial charge on any atom is -0.444 e. The van der Waals surface area contributed by atoms with Crippen LogP contribution in [-0.4, -0.2) is 29.2 Å². The third-order valence-corrected chi connectivity index (χ3v) is 4.89. The van der Waals surface area contributed by atoms with E-state index in [1.54, 1.807) is 4.90 Å². The van der Waals surface area contributed by atoms with E-state index >= 15 is 0 Å². The topological polar surface area (TPSA) is 67.6 Å². The molecule has 1 atom stereocenters. The van der Waals surface area contributed by atoms with Crippen molar-refractivity contribution in [3.63, 3.8) is 0 Å². The summed E-state index contributed by atoms with van der Waals surface area (Å²) < 4.78 is 5.51. The van der Waals surface area contributed by atoms with Crippen LogP contribution in [0.15, 0.2) is 12.1 Å². The molecule has 5 nitrogen and oxygen atoms in total. The molecule has 0 aromatic heterocycles. The zero-order valence-corrected chi connectivity index (χ0v) is 15.9. The molecule has 1 heterocycles. The highest BCUT2D eigenvalue weighted by Gasteiger charge is 2.29. The summed E-state index contributed by atoms with van der Waals surface area (Å²) in [6.07, 6.45) is 4.51. The molecule has 5 heteroatoms. The smallest absolute Gasteiger partial charge is 0.410 e. The van der Waals surface area contributed by atoms with Crippen LogP contribution in [-0.2, 0) is 17.7 Å². The summed E-state index contributed by atoms with van der Waals surface area (Å²) in [5.41, 5.74) is 9.96. The van der Waals surface area contributed by atoms with E-state index in [-0.39, 0.29) is 6.09 Å². The Balaban J connectivity index is 1.73. The summed E-state index contributed by atoms with van der Waals surface area (Å²) >= 11 is 0. The Labute approximate surface area is 150 Å². The molecule has 1 aliphatic heterocycles. The van der Waals surface area contributed by atoms with Crippen LogP contribution in [0.5, 0.6) is 0 Å². The third kappa shape index (κ3) is 4.59. The molecule has 1 saturated carbocycles. The molecule has 1 unspecified atom stereocenters. The zero-order valence-electron chi connectivity index (χ0n) is 15.9. The van der Waals surface area contributed by atoms with Crippen molar-refractivity contribution in [1.29, 1.82) is 0 Å². The van der Waals surface area contributed by atoms with E-state index in [1.165, 1.54) is 30.5 Å². The first-order valence-corrected chi connectivity index (χ1v) is 9.37. The molecule has 3 N–H and O–H groups in total. The molecule has 1 aromatic carbocycles. The number of nitrogens with one attached hydrogen (secondary N) is 1. The number of carbonyl (C=O) groups is 1. The van der Waals surface area contributed by atoms with Crippen LogP contribution in [0.3, 0.4) is 0 Å². The van der Waals surface area contributed by atoms with Crippen LogP contribution < -0.4 is 11.1 Å². The summed E-state index contributed by atoms with van der Waals surface area (Å²) in [5.74, 6) is 0.898. The van der Waals surface area contributed by atoms with E-state index in [9.17, 15) is 4.79 Å². The largest absolute Gasteiger partial charge is 0.444 e. The second-order valence-corrected chi connectivity index (χ2v) is 8.54. The van der Waals surface area contributed by atoms with Gasteiger partial charge in [-0.25, -0.2) is 4.79 Å². The van der Waals surface area contributed by atoms with Gasteiger partial charge in [0.1, 0.15) is 5.60 Å². The number of rotatable bonds is 4. The van der Waals surface area contributed by atoms with Crippen molar-refractivity contribution in [3.05, 3.63) is 23.3 Å². The van der Waals surface area contributed by atoms with Crippen LogP contribution in [0.4, 0.5) is 16.2 Å². The molecular formula is C20H31N3O2. The number of amides is 1. The van der Waals surface area contributed by atoms with E-state index in [0.29, 0.717) is 19.1 Å². The van der Waals surface area contributed by atoms with Crippen molar-refractivity contribution in [3.8, 4) is 0 Å². The van der Waals surface area contributed by atoms with Gasteiger partial charge in [-0.1, -0.05) is 12.8 Å². The number of nitrogen functional groups attached to an aromatic ring is 1. The lowest BCUT2D eigenvalue weighted by Gasteiger charge is -2.33. The Bertz CT molecular complexity index is 647. The number of hydrogen-bond acceptors (Lipinski definition) is 4. The zero-order chi connectivity index (χ0) is 18.2. The van der Waals surface area contributed by atoms with Crippen molar-refractivity contribution in [1.82, 2.24) is 4.90 Å². The van der Waals surface area contributed by atoms with Crippen molar-refractivity contribution in [2.24, 2.45) is 5.92 Å². The van der Waals surface area contributed by atoms with Crippen LogP contribution in [0.2, 0.25) is 0 Å². The predicted molar refractivity (Wildman–Crippen MR) is 102 cm³/mol. The Morgan fingerprint density at radius 3 is 2.72 bits per heavy atom. The fraction of sp³-hybridized carbons (Fsp3) is 0.650. The number of nitrogens with two attached hydrogens (primary N) is 1. The Hall–Kier alpha value is -1.91. The predicted octanol–water partition coefficient (Wildman–Crippen LogP) is 4.16. The second kappa shape index (κ2) is 6.77. The van der Waals surface area contributed by atoms with Crippen molar-refractivity contribution in [2.75, 3.05) is 17.6 Å². The molecule has 1 aliphatic carbocycles. The van der Waals surface area contributed by atoms with E-state index in [1.807, 2.05) is 26.8 Å². The van der Waals surface area contributed by atoms with Crippen LogP contribution >= 0.6 is 0 Å². The van der Waals surface area contributed by atoms with Gasteiger partial charge in [-0.15, -0.1) is 0 Å². The number of fused-ring (bicyclic) bond motifs is 1. The van der Waals surface area contributed by atoms with Crippen LogP contribution in [0.1, 0.15) is 58.1 Å². The normalized spacial score (nSPS) is 18.5. The molecule has 0 bridgehead atoms. The van der Waals surface area contributed by atoms with E-state index in [0.717, 1.165) is 23.6 Å². The summed E-state index contributed by atoms with van der Waals surface area (Å²) in [7, 11) is 0. The van der Waals surface area contributed by atoms with Gasteiger partial charge < -0.3 is 20.7 Å². The number of nitrogens with zero attached hydrogens (tertiary/aromatic N) is 1. The van der Waals surface area contributed by atoms with E-state index in [2.05, 4.69) is 18.3 Å². The Morgan fingerprint density at radius 1 is 1.36 bits per heavy atom. The van der Waals surface area contributed by atoms with Gasteiger partial charge in [0, 0.05) is 24.0 Å². The lowest BCUT2D eigenvalue weighted by Crippen LogP contribution is -2.40. The molecule has 0 spiro atoms. The maximum Gasteiger partial charge on any atom is 0.410 e. The monoisotopic (exact) mass is 345 g/mol. The summed E-state index contributed by atoms with van der Waals surface area (Å²) in [6.45, 7) is 9.10. The Morgan fingerprint density at radius 2 is 2.08 bits per heavy atom. The van der Waals surface area contributed by atoms with Gasteiger partial charge in [0.2, 0.25) is 0 Å². The minimum atomic E-state index is -0.482. The summed E-state index contributed by atoms with van der Waals surface area (Å²) in [5, 5.41) is 3.66. The van der Waals surface area contributed by atoms with Gasteiger partial charge in [-0.2, -0.15) is 0 Å². The highest BCUT2D eigenvalue weighted by molar-refractivity contribution is 5.71. The average molecular weight is 345 g/mol. The standard InChI is InChI=1S/C20H31N3O2/c1-13(11-14-5-6-14)22-18-8-7-17(21)16-12-23(10-9-15(16)18)19(24)25-20(2,3)4/h7-8,13-14,22H,5-6,9-12,21H2,1-4H3. The lowest BCUT2D eigenvalue weighted by atomic mass is 9.95. The highest BCUT2D eigenvalue weighted by Crippen LogP contribution is 2.36. The van der Waals surface area contributed by atoms with Crippen molar-refractivity contribution >= 4 is 17.5 Å². The van der Waals surface area contributed by atoms with E-state index < -0.39 is 5.60 Å². The number of hydrogen-bond donors (Lipinski definition) is 2. The summed E-state index contributed by atoms with van der Waals surface area (Å²) in [6, 6.07) is 4.49. The van der Waals surface area contributed by atoms with Crippen LogP contribution in [0, 0.1) is 5.92 Å². The maximum absolute atomic E-state index is 12.4. The fourth-order valence-electron chi connectivity index (χ4n) is 3.50. The first-order valence-electron chi connectivity index (χ1n) is 9.37. The SMILES string of the molecule is CC(CC1CC1)Nc1ccc(N)c2c1CCN(C(=O)OC(C)(C)C)C2. The molecular weight excluding hydrogens is 314 g/mol. The number of anilines is 2. The van der Waals surface area contributed by atoms with Gasteiger partial charge in [0.25, 0.3) is 0 Å². The molecule has 0 radical (unpaired) electrons. The highest BCUT2D eigenvalue weighted by atomic mass is 16.6. The molecule has 25 heavy (non-hydrogen) atoms. The summed E-state index contributed by atoms with van der Waals surface area (Å²) in [4.78, 5) is 14.1. The van der Waals surface area contributed by atoms with Gasteiger partial charge in [0.15, 0.2) is 0 Å². The molecule has 138 valence electrons. The number of benzene rings is 1. The molecule has 1 fully saturated rings. The fourth-order valence-corrected chi connectivity index (χ4v) is 3.50. The quantitative estimate of drug-likeness (QED) is 0.804. The molecule has 1 amide bonds. The van der Waals surface area contributed by atoms with Gasteiger partial charge in [0.05, 0.1) is 6.54 Å². The first kappa shape index (κ1) is 17.9. The van der Waals surface area contributed by atoms with Gasteiger partial charge in [-0.3, -0.25) is 0 Å². The molecule has 0 saturated heterocycles. The molecule has 2 aliphatic rings. The van der Waals surface area contributed by atoms with Crippen LogP contribution in [0.25, 0.3) is 0 Å². The third-order valence-electron chi connectivity index (χ3n) is 4.89. The van der Waals surface area contributed by atoms with Gasteiger partial charge >= 0.3 is 6.09 Å². The van der Waals surface area contributed by atoms with Crippen molar-refractivity contribution in [2.45, 2.75) is 71.6 Å². The van der Waals surface area contributed by atoms with Crippen molar-refractivity contribution < 1.29 is 9.53 Å². The van der Waals surface area contributed by atoms with Gasteiger partial charge in [-0.05, 0) is 69.7 Å². The lowest BCUT2D eigenvalue weighted by molar-refractivity contribution is 0.0224. The average Bonchev–Trinajstić information content (AvgIpc) is 3.32. The minimum absolute atomic E-state index is 0.266.